The first-order valence-corrected chi connectivity index (χ1v) is 14.3. The number of morpholine rings is 1. The Balaban J connectivity index is 0.000000215. The number of fused-ring (bicyclic) bond motifs is 4. The quantitative estimate of drug-likeness (QED) is 0.255. The summed E-state index contributed by atoms with van der Waals surface area (Å²) in [5.41, 5.74) is 6.08. The van der Waals surface area contributed by atoms with Crippen molar-refractivity contribution in [1.82, 2.24) is 9.58 Å². The summed E-state index contributed by atoms with van der Waals surface area (Å²) in [6, 6.07) is 12.3. The molecule has 1 unspecified atom stereocenters. The van der Waals surface area contributed by atoms with Crippen molar-refractivity contribution in [2.45, 2.75) is 36.1 Å². The molecule has 0 radical (unpaired) electrons. The average Bonchev–Trinajstić information content (AvgIpc) is 3.24. The van der Waals surface area contributed by atoms with E-state index >= 15 is 0 Å². The number of pyridine rings is 1. The van der Waals surface area contributed by atoms with E-state index < -0.39 is 17.6 Å². The van der Waals surface area contributed by atoms with Crippen LogP contribution in [0.2, 0.25) is 0 Å². The fourth-order valence-corrected chi connectivity index (χ4v) is 5.95. The number of terminal acetylenes is 1. The summed E-state index contributed by atoms with van der Waals surface area (Å²) in [6.45, 7) is 1.09. The molecule has 1 aromatic heterocycles. The molecular formula is C31H31F2N3O7S. The van der Waals surface area contributed by atoms with E-state index in [0.717, 1.165) is 10.5 Å². The van der Waals surface area contributed by atoms with Crippen molar-refractivity contribution < 1.29 is 37.7 Å². The highest BCUT2D eigenvalue weighted by Gasteiger charge is 2.36. The molecule has 13 heteroatoms. The van der Waals surface area contributed by atoms with Gasteiger partial charge in [0.05, 0.1) is 20.3 Å². The molecule has 6 rings (SSSR count). The Morgan fingerprint density at radius 3 is 2.64 bits per heavy atom. The third-order valence-corrected chi connectivity index (χ3v) is 8.05. The van der Waals surface area contributed by atoms with E-state index in [4.69, 9.17) is 14.6 Å². The molecule has 2 aromatic carbocycles. The number of benzene rings is 2. The summed E-state index contributed by atoms with van der Waals surface area (Å²) >= 11 is 1.57. The molecule has 1 fully saturated rings. The van der Waals surface area contributed by atoms with Crippen molar-refractivity contribution in [3.8, 4) is 12.8 Å². The number of nitrogens with one attached hydrogen (secondary N) is 1. The molecule has 4 heterocycles. The summed E-state index contributed by atoms with van der Waals surface area (Å²) < 4.78 is 38.4. The fraction of sp³-hybridized carbons (Fsp3) is 0.290. The Kier molecular flexibility index (Phi) is 12.5. The Bertz CT molecular complexity index is 1580. The van der Waals surface area contributed by atoms with Crippen LogP contribution in [0.25, 0.3) is 0 Å². The van der Waals surface area contributed by atoms with Crippen molar-refractivity contribution in [3.63, 3.8) is 0 Å². The zero-order chi connectivity index (χ0) is 32.2. The molecule has 1 amide bonds. The monoisotopic (exact) mass is 627 g/mol. The Morgan fingerprint density at radius 2 is 1.91 bits per heavy atom. The van der Waals surface area contributed by atoms with Crippen LogP contribution in [0.15, 0.2) is 58.4 Å². The van der Waals surface area contributed by atoms with Crippen LogP contribution in [-0.2, 0) is 37.7 Å². The lowest BCUT2D eigenvalue weighted by Crippen LogP contribution is -2.59. The molecule has 44 heavy (non-hydrogen) atoms. The number of rotatable bonds is 3. The van der Waals surface area contributed by atoms with Gasteiger partial charge in [0.25, 0.3) is 12.4 Å². The van der Waals surface area contributed by atoms with Gasteiger partial charge in [0.2, 0.25) is 0 Å². The Labute approximate surface area is 256 Å². The Morgan fingerprint density at radius 1 is 1.18 bits per heavy atom. The van der Waals surface area contributed by atoms with Gasteiger partial charge in [-0.25, -0.2) is 8.78 Å². The second-order valence-corrected chi connectivity index (χ2v) is 10.4. The van der Waals surface area contributed by atoms with Gasteiger partial charge in [0.15, 0.2) is 17.1 Å². The van der Waals surface area contributed by atoms with E-state index in [1.165, 1.54) is 31.0 Å². The van der Waals surface area contributed by atoms with E-state index in [0.29, 0.717) is 43.1 Å². The maximum Gasteiger partial charge on any atom is 0.305 e. The van der Waals surface area contributed by atoms with Crippen molar-refractivity contribution in [2.75, 3.05) is 32.3 Å². The maximum absolute atomic E-state index is 13.7. The van der Waals surface area contributed by atoms with Gasteiger partial charge < -0.3 is 24.9 Å². The van der Waals surface area contributed by atoms with Crippen molar-refractivity contribution in [2.24, 2.45) is 0 Å². The predicted octanol–water partition coefficient (Wildman–Crippen LogP) is 3.42. The summed E-state index contributed by atoms with van der Waals surface area (Å²) in [5, 5.41) is 6.89. The predicted molar refractivity (Wildman–Crippen MR) is 160 cm³/mol. The molecule has 2 N–H and O–H groups in total. The van der Waals surface area contributed by atoms with Gasteiger partial charge >= 0.3 is 5.97 Å². The van der Waals surface area contributed by atoms with Gasteiger partial charge in [-0.3, -0.25) is 23.9 Å². The first-order chi connectivity index (χ1) is 21.3. The highest BCUT2D eigenvalue weighted by atomic mass is 32.2. The number of esters is 1. The topological polar surface area (TPSA) is 127 Å². The number of methoxy groups -OCH3 is 1. The Hall–Kier alpha value is -4.67. The lowest BCUT2D eigenvalue weighted by Gasteiger charge is -2.41. The minimum Gasteiger partial charge on any atom is -0.483 e. The van der Waals surface area contributed by atoms with Crippen LogP contribution in [0.3, 0.4) is 0 Å². The van der Waals surface area contributed by atoms with Crippen LogP contribution in [0.4, 0.5) is 8.78 Å². The third kappa shape index (κ3) is 7.83. The van der Waals surface area contributed by atoms with Crippen LogP contribution in [-0.4, -0.2) is 66.1 Å². The molecule has 0 bridgehead atoms. The van der Waals surface area contributed by atoms with Crippen LogP contribution in [0, 0.1) is 24.5 Å². The van der Waals surface area contributed by atoms with Crippen molar-refractivity contribution in [1.29, 1.82) is 0 Å². The number of hydrogen-bond acceptors (Lipinski definition) is 8. The third-order valence-electron chi connectivity index (χ3n) is 6.90. The molecular weight excluding hydrogens is 596 g/mol. The smallest absolute Gasteiger partial charge is 0.305 e. The fourth-order valence-electron chi connectivity index (χ4n) is 4.84. The average molecular weight is 628 g/mol. The standard InChI is InChI=1S/C14H10F2S.C14H17N3O5.C2H2.CH2O2/c15-12-6-5-9-7-10-3-1-2-4-13(10)17-8-11(9)14(12)16;1-21-12(19)3-2-9-10(18)4-5-17-13(9)14(20)16-6-7-22-8-11(16)15-17;1-2;2-1-3/h1-6H,7-8H2;4-5,11,15H,2-3,6-8H2,1H3;1-2H;1H,(H,2,3). The van der Waals surface area contributed by atoms with Gasteiger partial charge in [0.1, 0.15) is 11.9 Å². The molecule has 0 aliphatic carbocycles. The van der Waals surface area contributed by atoms with Crippen LogP contribution < -0.4 is 10.9 Å². The zero-order valence-electron chi connectivity index (χ0n) is 23.8. The number of hydrogen-bond donors (Lipinski definition) is 2. The minimum atomic E-state index is -0.754. The SMILES string of the molecule is C#C.COC(=O)CCc1c2n(ccc1=O)NC1COCCN1C2=O.Fc1ccc2c(c1F)CSc1ccccc1C2.O=CO. The lowest BCUT2D eigenvalue weighted by molar-refractivity contribution is -0.140. The normalized spacial score (nSPS) is 15.6. The number of halogens is 2. The van der Waals surface area contributed by atoms with E-state index in [1.807, 2.05) is 24.3 Å². The molecule has 1 saturated heterocycles. The van der Waals surface area contributed by atoms with Gasteiger partial charge in [-0.2, -0.15) is 0 Å². The largest absolute Gasteiger partial charge is 0.483 e. The molecule has 3 aliphatic heterocycles. The first kappa shape index (κ1) is 33.8. The number of carbonyl (C=O) groups excluding carboxylic acids is 2. The van der Waals surface area contributed by atoms with E-state index in [9.17, 15) is 23.2 Å². The maximum atomic E-state index is 13.7. The molecule has 10 nitrogen and oxygen atoms in total. The molecule has 1 atom stereocenters. The number of carboxylic acid groups (broad SMARTS) is 1. The molecule has 0 saturated carbocycles. The minimum absolute atomic E-state index is 0.0581. The van der Waals surface area contributed by atoms with Gasteiger partial charge in [-0.15, -0.1) is 24.6 Å². The zero-order valence-corrected chi connectivity index (χ0v) is 24.6. The van der Waals surface area contributed by atoms with Crippen LogP contribution in [0.1, 0.15) is 39.2 Å². The first-order valence-electron chi connectivity index (χ1n) is 13.3. The number of nitrogens with zero attached hydrogens (tertiary/aromatic N) is 2. The molecule has 232 valence electrons. The van der Waals surface area contributed by atoms with E-state index in [2.05, 4.69) is 23.0 Å². The molecule has 3 aliphatic rings. The van der Waals surface area contributed by atoms with Gasteiger partial charge in [0, 0.05) is 47.0 Å². The number of amides is 1. The second-order valence-electron chi connectivity index (χ2n) is 9.35. The molecule has 3 aromatic rings. The van der Waals surface area contributed by atoms with Crippen molar-refractivity contribution in [3.05, 3.63) is 98.5 Å². The molecule has 0 spiro atoms. The highest BCUT2D eigenvalue weighted by Crippen LogP contribution is 2.35. The van der Waals surface area contributed by atoms with Gasteiger partial charge in [-0.05, 0) is 36.1 Å². The summed E-state index contributed by atoms with van der Waals surface area (Å²) in [7, 11) is 1.29. The number of aromatic nitrogens is 1. The summed E-state index contributed by atoms with van der Waals surface area (Å²) in [6.07, 6.45) is 10.2. The second kappa shape index (κ2) is 16.3. The highest BCUT2D eigenvalue weighted by molar-refractivity contribution is 7.98. The lowest BCUT2D eigenvalue weighted by atomic mass is 10.0. The number of thioether (sulfide) groups is 1. The number of carbonyl (C=O) groups is 3. The van der Waals surface area contributed by atoms with E-state index in [-0.39, 0.29) is 42.5 Å². The van der Waals surface area contributed by atoms with Crippen molar-refractivity contribution >= 4 is 30.1 Å². The summed E-state index contributed by atoms with van der Waals surface area (Å²) in [5.74, 6) is -1.58. The van der Waals surface area contributed by atoms with Crippen LogP contribution in [0.5, 0.6) is 0 Å². The van der Waals surface area contributed by atoms with Gasteiger partial charge in [-0.1, -0.05) is 24.3 Å². The summed E-state index contributed by atoms with van der Waals surface area (Å²) in [4.78, 5) is 47.3. The van der Waals surface area contributed by atoms with Crippen LogP contribution >= 0.6 is 11.8 Å². The number of ether oxygens (including phenoxy) is 2. The van der Waals surface area contributed by atoms with E-state index in [1.54, 1.807) is 27.4 Å².